The van der Waals surface area contributed by atoms with Crippen molar-refractivity contribution in [2.24, 2.45) is 5.73 Å². The first-order valence-electron chi connectivity index (χ1n) is 6.13. The Kier molecular flexibility index (Phi) is 5.49. The number of hydrogen-bond donors (Lipinski definition) is 3. The number of nitrogens with zero attached hydrogens (tertiary/aromatic N) is 2. The van der Waals surface area contributed by atoms with Crippen LogP contribution in [0.25, 0.3) is 0 Å². The number of sulfonamides is 1. The van der Waals surface area contributed by atoms with Crippen molar-refractivity contribution in [1.82, 2.24) is 14.5 Å². The van der Waals surface area contributed by atoms with Crippen molar-refractivity contribution in [1.29, 1.82) is 0 Å². The molecule has 1 atom stereocenters. The number of piperazine rings is 1. The van der Waals surface area contributed by atoms with Gasteiger partial charge in [0, 0.05) is 26.2 Å². The summed E-state index contributed by atoms with van der Waals surface area (Å²) in [6.07, 6.45) is 0.570. The van der Waals surface area contributed by atoms with Crippen LogP contribution in [0.3, 0.4) is 0 Å². The molecule has 21 heavy (non-hydrogen) atoms. The van der Waals surface area contributed by atoms with E-state index in [0.717, 1.165) is 6.26 Å². The average molecular weight is 322 g/mol. The number of urea groups is 1. The third kappa shape index (κ3) is 5.19. The highest BCUT2D eigenvalue weighted by atomic mass is 32.2. The van der Waals surface area contributed by atoms with Gasteiger partial charge in [0.15, 0.2) is 0 Å². The van der Waals surface area contributed by atoms with Crippen molar-refractivity contribution in [2.75, 3.05) is 32.4 Å². The van der Waals surface area contributed by atoms with Gasteiger partial charge in [-0.3, -0.25) is 4.79 Å². The van der Waals surface area contributed by atoms with E-state index in [2.05, 4.69) is 5.32 Å². The van der Waals surface area contributed by atoms with Crippen molar-refractivity contribution in [2.45, 2.75) is 12.5 Å². The minimum Gasteiger partial charge on any atom is -0.480 e. The number of amides is 3. The van der Waals surface area contributed by atoms with Gasteiger partial charge in [-0.15, -0.1) is 0 Å². The third-order valence-corrected chi connectivity index (χ3v) is 4.30. The van der Waals surface area contributed by atoms with Crippen molar-refractivity contribution >= 4 is 27.9 Å². The van der Waals surface area contributed by atoms with Crippen molar-refractivity contribution in [3.8, 4) is 0 Å². The first kappa shape index (κ1) is 17.2. The minimum atomic E-state index is -3.31. The molecule has 0 spiro atoms. The second kappa shape index (κ2) is 6.72. The number of primary amides is 1. The van der Waals surface area contributed by atoms with Crippen LogP contribution in [-0.4, -0.2) is 79.1 Å². The number of nitrogens with one attached hydrogen (secondary N) is 1. The first-order chi connectivity index (χ1) is 9.61. The van der Waals surface area contributed by atoms with Gasteiger partial charge in [0.1, 0.15) is 6.04 Å². The highest BCUT2D eigenvalue weighted by Crippen LogP contribution is 2.06. The lowest BCUT2D eigenvalue weighted by molar-refractivity contribution is -0.141. The molecule has 120 valence electrons. The Morgan fingerprint density at radius 1 is 1.24 bits per heavy atom. The summed E-state index contributed by atoms with van der Waals surface area (Å²) in [7, 11) is -3.31. The summed E-state index contributed by atoms with van der Waals surface area (Å²) in [6.45, 7) is 0.559. The van der Waals surface area contributed by atoms with Crippen LogP contribution in [0.1, 0.15) is 6.42 Å². The highest BCUT2D eigenvalue weighted by Gasteiger charge is 2.29. The Hall–Kier alpha value is -1.88. The standard InChI is InChI=1S/C10H18N4O6S/c1-21(19,20)14-4-2-13(3-5-14)10(18)12-7(9(16)17)6-8(11)15/h7H,2-6H2,1H3,(H2,11,15)(H,12,18)(H,16,17)/t7-/m1/s1. The fourth-order valence-electron chi connectivity index (χ4n) is 1.86. The van der Waals surface area contributed by atoms with E-state index >= 15 is 0 Å². The maximum atomic E-state index is 11.9. The second-order valence-electron chi connectivity index (χ2n) is 4.66. The molecule has 0 unspecified atom stereocenters. The van der Waals surface area contributed by atoms with Crippen LogP contribution in [0.5, 0.6) is 0 Å². The Balaban J connectivity index is 2.57. The molecule has 0 aromatic heterocycles. The number of nitrogens with two attached hydrogens (primary N) is 1. The van der Waals surface area contributed by atoms with Gasteiger partial charge in [-0.2, -0.15) is 4.31 Å². The van der Waals surface area contributed by atoms with Crippen molar-refractivity contribution in [3.05, 3.63) is 0 Å². The van der Waals surface area contributed by atoms with E-state index in [1.165, 1.54) is 9.21 Å². The van der Waals surface area contributed by atoms with Crippen LogP contribution in [0.15, 0.2) is 0 Å². The number of aliphatic carboxylic acids is 1. The molecule has 0 aliphatic carbocycles. The molecule has 1 fully saturated rings. The predicted octanol–water partition coefficient (Wildman–Crippen LogP) is -2.40. The molecule has 0 radical (unpaired) electrons. The molecule has 1 heterocycles. The molecule has 1 aliphatic heterocycles. The van der Waals surface area contributed by atoms with E-state index in [1.807, 2.05) is 0 Å². The maximum Gasteiger partial charge on any atom is 0.326 e. The molecule has 1 aliphatic rings. The first-order valence-corrected chi connectivity index (χ1v) is 7.97. The fourth-order valence-corrected chi connectivity index (χ4v) is 2.69. The SMILES string of the molecule is CS(=O)(=O)N1CCN(C(=O)N[C@H](CC(N)=O)C(=O)O)CC1. The summed E-state index contributed by atoms with van der Waals surface area (Å²) in [5.41, 5.74) is 4.91. The Morgan fingerprint density at radius 3 is 2.14 bits per heavy atom. The van der Waals surface area contributed by atoms with Crippen LogP contribution in [-0.2, 0) is 19.6 Å². The van der Waals surface area contributed by atoms with Gasteiger partial charge < -0.3 is 21.1 Å². The number of carboxylic acids is 1. The van der Waals surface area contributed by atoms with Gasteiger partial charge in [-0.25, -0.2) is 18.0 Å². The Labute approximate surface area is 121 Å². The topological polar surface area (TPSA) is 150 Å². The summed E-state index contributed by atoms with van der Waals surface area (Å²) < 4.78 is 23.9. The quantitative estimate of drug-likeness (QED) is 0.513. The Morgan fingerprint density at radius 2 is 1.76 bits per heavy atom. The Bertz CT molecular complexity index is 526. The van der Waals surface area contributed by atoms with E-state index in [4.69, 9.17) is 10.8 Å². The predicted molar refractivity (Wildman–Crippen MR) is 71.8 cm³/mol. The van der Waals surface area contributed by atoms with E-state index in [9.17, 15) is 22.8 Å². The molecule has 0 bridgehead atoms. The number of carboxylic acid groups (broad SMARTS) is 1. The monoisotopic (exact) mass is 322 g/mol. The number of carbonyl (C=O) groups excluding carboxylic acids is 2. The van der Waals surface area contributed by atoms with Crippen molar-refractivity contribution in [3.63, 3.8) is 0 Å². The lowest BCUT2D eigenvalue weighted by atomic mass is 10.2. The zero-order valence-corrected chi connectivity index (χ0v) is 12.3. The zero-order chi connectivity index (χ0) is 16.2. The molecular weight excluding hydrogens is 304 g/mol. The second-order valence-corrected chi connectivity index (χ2v) is 6.64. The number of hydrogen-bond acceptors (Lipinski definition) is 5. The van der Waals surface area contributed by atoms with Gasteiger partial charge in [0.2, 0.25) is 15.9 Å². The molecule has 1 rings (SSSR count). The maximum absolute atomic E-state index is 11.9. The van der Waals surface area contributed by atoms with E-state index in [0.29, 0.717) is 0 Å². The van der Waals surface area contributed by atoms with E-state index in [1.54, 1.807) is 0 Å². The summed E-state index contributed by atoms with van der Waals surface area (Å²) in [4.78, 5) is 34.8. The third-order valence-electron chi connectivity index (χ3n) is 3.00. The van der Waals surface area contributed by atoms with Crippen LogP contribution in [0.2, 0.25) is 0 Å². The lowest BCUT2D eigenvalue weighted by Gasteiger charge is -2.33. The molecule has 0 aromatic carbocycles. The van der Waals surface area contributed by atoms with Gasteiger partial charge in [-0.05, 0) is 0 Å². The van der Waals surface area contributed by atoms with Crippen LogP contribution < -0.4 is 11.1 Å². The summed E-state index contributed by atoms with van der Waals surface area (Å²) in [6, 6.07) is -2.07. The van der Waals surface area contributed by atoms with E-state index in [-0.39, 0.29) is 26.2 Å². The minimum absolute atomic E-state index is 0.139. The number of carbonyl (C=O) groups is 3. The molecule has 10 nitrogen and oxygen atoms in total. The van der Waals surface area contributed by atoms with E-state index < -0.39 is 40.4 Å². The summed E-state index contributed by atoms with van der Waals surface area (Å²) in [5.74, 6) is -2.21. The summed E-state index contributed by atoms with van der Waals surface area (Å²) in [5, 5.41) is 11.1. The lowest BCUT2D eigenvalue weighted by Crippen LogP contribution is -2.55. The van der Waals surface area contributed by atoms with Gasteiger partial charge >= 0.3 is 12.0 Å². The molecule has 1 saturated heterocycles. The molecule has 4 N–H and O–H groups in total. The molecule has 3 amide bonds. The normalized spacial score (nSPS) is 18.0. The largest absolute Gasteiger partial charge is 0.480 e. The highest BCUT2D eigenvalue weighted by molar-refractivity contribution is 7.88. The zero-order valence-electron chi connectivity index (χ0n) is 11.5. The molecule has 0 saturated carbocycles. The van der Waals surface area contributed by atoms with Crippen LogP contribution in [0.4, 0.5) is 4.79 Å². The average Bonchev–Trinajstić information content (AvgIpc) is 2.36. The van der Waals surface area contributed by atoms with Crippen LogP contribution in [0, 0.1) is 0 Å². The smallest absolute Gasteiger partial charge is 0.326 e. The molecule has 0 aromatic rings. The summed E-state index contributed by atoms with van der Waals surface area (Å²) >= 11 is 0. The fraction of sp³-hybridized carbons (Fsp3) is 0.700. The molecule has 11 heteroatoms. The van der Waals surface area contributed by atoms with Crippen LogP contribution >= 0.6 is 0 Å². The van der Waals surface area contributed by atoms with Gasteiger partial charge in [-0.1, -0.05) is 0 Å². The van der Waals surface area contributed by atoms with Gasteiger partial charge in [0.05, 0.1) is 12.7 Å². The molecular formula is C10H18N4O6S. The van der Waals surface area contributed by atoms with Crippen molar-refractivity contribution < 1.29 is 27.9 Å². The van der Waals surface area contributed by atoms with Gasteiger partial charge in [0.25, 0.3) is 0 Å². The number of rotatable bonds is 5.